The molecule has 0 aliphatic rings. The second-order valence-electron chi connectivity index (χ2n) is 3.29. The van der Waals surface area contributed by atoms with Crippen LogP contribution in [0.5, 0.6) is 0 Å². The molecule has 0 saturated carbocycles. The summed E-state index contributed by atoms with van der Waals surface area (Å²) in [5.74, 6) is 0.187. The van der Waals surface area contributed by atoms with E-state index in [-0.39, 0.29) is 17.5 Å². The second-order valence-corrected chi connectivity index (χ2v) is 3.73. The standard InChI is InChI=1S/C11H9ClN2O2/c1-6(15)9-10(16-11(13)14-9)7-2-4-8(12)5-3-7/h2-5H,1H3,(H2,13,14). The summed E-state index contributed by atoms with van der Waals surface area (Å²) >= 11 is 5.77. The number of anilines is 1. The molecule has 0 amide bonds. The monoisotopic (exact) mass is 236 g/mol. The minimum atomic E-state index is -0.189. The highest BCUT2D eigenvalue weighted by Gasteiger charge is 2.17. The van der Waals surface area contributed by atoms with E-state index in [0.29, 0.717) is 10.8 Å². The van der Waals surface area contributed by atoms with Crippen LogP contribution in [0.1, 0.15) is 17.4 Å². The van der Waals surface area contributed by atoms with E-state index in [1.54, 1.807) is 24.3 Å². The molecule has 2 N–H and O–H groups in total. The van der Waals surface area contributed by atoms with Gasteiger partial charge in [0.05, 0.1) is 0 Å². The summed E-state index contributed by atoms with van der Waals surface area (Å²) in [7, 11) is 0. The number of nitrogens with two attached hydrogens (primary N) is 1. The number of ketones is 1. The van der Waals surface area contributed by atoms with Crippen molar-refractivity contribution >= 4 is 23.4 Å². The lowest BCUT2D eigenvalue weighted by molar-refractivity contribution is 0.101. The molecule has 1 aromatic carbocycles. The number of nitrogen functional groups attached to an aromatic ring is 1. The van der Waals surface area contributed by atoms with Crippen molar-refractivity contribution in [2.24, 2.45) is 0 Å². The van der Waals surface area contributed by atoms with Crippen molar-refractivity contribution in [1.82, 2.24) is 4.98 Å². The van der Waals surface area contributed by atoms with Crippen molar-refractivity contribution < 1.29 is 9.21 Å². The lowest BCUT2D eigenvalue weighted by Gasteiger charge is -1.98. The molecular weight excluding hydrogens is 228 g/mol. The quantitative estimate of drug-likeness (QED) is 0.814. The molecule has 1 aromatic heterocycles. The molecule has 0 saturated heterocycles. The molecule has 0 spiro atoms. The molecule has 0 bridgehead atoms. The first kappa shape index (κ1) is 10.7. The van der Waals surface area contributed by atoms with Crippen LogP contribution in [0.15, 0.2) is 28.7 Å². The van der Waals surface area contributed by atoms with Gasteiger partial charge >= 0.3 is 0 Å². The number of hydrogen-bond acceptors (Lipinski definition) is 4. The van der Waals surface area contributed by atoms with Gasteiger partial charge in [0.1, 0.15) is 0 Å². The molecule has 0 atom stereocenters. The first-order chi connectivity index (χ1) is 7.58. The third-order valence-electron chi connectivity index (χ3n) is 2.08. The number of rotatable bonds is 2. The molecule has 0 aliphatic heterocycles. The Kier molecular flexibility index (Phi) is 2.66. The van der Waals surface area contributed by atoms with Gasteiger partial charge in [-0.2, -0.15) is 4.98 Å². The molecule has 0 unspecified atom stereocenters. The average molecular weight is 237 g/mol. The zero-order valence-electron chi connectivity index (χ0n) is 8.53. The summed E-state index contributed by atoms with van der Waals surface area (Å²) in [5, 5.41) is 0.612. The summed E-state index contributed by atoms with van der Waals surface area (Å²) in [4.78, 5) is 15.2. The lowest BCUT2D eigenvalue weighted by Crippen LogP contribution is -1.95. The number of halogens is 1. The van der Waals surface area contributed by atoms with E-state index in [1.165, 1.54) is 6.92 Å². The van der Waals surface area contributed by atoms with E-state index in [4.69, 9.17) is 21.8 Å². The molecule has 5 heteroatoms. The van der Waals surface area contributed by atoms with Crippen molar-refractivity contribution in [3.05, 3.63) is 35.0 Å². The van der Waals surface area contributed by atoms with Crippen LogP contribution < -0.4 is 5.73 Å². The van der Waals surface area contributed by atoms with Gasteiger partial charge in [-0.25, -0.2) is 0 Å². The summed E-state index contributed by atoms with van der Waals surface area (Å²) in [6, 6.07) is 6.89. The van der Waals surface area contributed by atoms with E-state index in [0.717, 1.165) is 5.56 Å². The van der Waals surface area contributed by atoms with Crippen LogP contribution in [0.4, 0.5) is 6.01 Å². The minimum absolute atomic E-state index is 0.0184. The van der Waals surface area contributed by atoms with Crippen LogP contribution in [0.3, 0.4) is 0 Å². The Morgan fingerprint density at radius 1 is 1.38 bits per heavy atom. The molecule has 82 valence electrons. The van der Waals surface area contributed by atoms with E-state index in [1.807, 2.05) is 0 Å². The first-order valence-corrected chi connectivity index (χ1v) is 4.99. The van der Waals surface area contributed by atoms with Crippen LogP contribution in [0.2, 0.25) is 5.02 Å². The SMILES string of the molecule is CC(=O)c1nc(N)oc1-c1ccc(Cl)cc1. The van der Waals surface area contributed by atoms with Crippen LogP contribution in [0, 0.1) is 0 Å². The molecule has 16 heavy (non-hydrogen) atoms. The van der Waals surface area contributed by atoms with Gasteiger partial charge in [-0.3, -0.25) is 4.79 Å². The van der Waals surface area contributed by atoms with Crippen molar-refractivity contribution in [2.75, 3.05) is 5.73 Å². The Balaban J connectivity index is 2.55. The van der Waals surface area contributed by atoms with Crippen LogP contribution in [0.25, 0.3) is 11.3 Å². The fraction of sp³-hybridized carbons (Fsp3) is 0.0909. The van der Waals surface area contributed by atoms with Gasteiger partial charge in [0.25, 0.3) is 6.01 Å². The predicted molar refractivity (Wildman–Crippen MR) is 61.4 cm³/mol. The summed E-state index contributed by atoms with van der Waals surface area (Å²) in [6.07, 6.45) is 0. The lowest BCUT2D eigenvalue weighted by atomic mass is 10.1. The molecule has 4 nitrogen and oxygen atoms in total. The minimum Gasteiger partial charge on any atom is -0.423 e. The number of benzene rings is 1. The van der Waals surface area contributed by atoms with Crippen molar-refractivity contribution in [1.29, 1.82) is 0 Å². The Bertz CT molecular complexity index is 531. The maximum atomic E-state index is 11.3. The van der Waals surface area contributed by atoms with Gasteiger partial charge in [0.2, 0.25) is 0 Å². The van der Waals surface area contributed by atoms with E-state index < -0.39 is 0 Å². The van der Waals surface area contributed by atoms with Crippen molar-refractivity contribution in [2.45, 2.75) is 6.92 Å². The number of carbonyl (C=O) groups is 1. The molecule has 2 aromatic rings. The van der Waals surface area contributed by atoms with E-state index in [2.05, 4.69) is 4.98 Å². The van der Waals surface area contributed by atoms with Crippen LogP contribution in [-0.4, -0.2) is 10.8 Å². The molecule has 1 heterocycles. The van der Waals surface area contributed by atoms with Crippen molar-refractivity contribution in [3.8, 4) is 11.3 Å². The Labute approximate surface area is 97.0 Å². The highest BCUT2D eigenvalue weighted by molar-refractivity contribution is 6.30. The molecule has 0 aliphatic carbocycles. The fourth-order valence-electron chi connectivity index (χ4n) is 1.37. The highest BCUT2D eigenvalue weighted by Crippen LogP contribution is 2.27. The zero-order chi connectivity index (χ0) is 11.7. The Hall–Kier alpha value is -1.81. The molecule has 2 rings (SSSR count). The second kappa shape index (κ2) is 3.98. The number of carbonyl (C=O) groups excluding carboxylic acids is 1. The fourth-order valence-corrected chi connectivity index (χ4v) is 1.50. The van der Waals surface area contributed by atoms with Gasteiger partial charge < -0.3 is 10.2 Å². The topological polar surface area (TPSA) is 69.1 Å². The molecular formula is C11H9ClN2O2. The predicted octanol–water partition coefficient (Wildman–Crippen LogP) is 2.78. The number of hydrogen-bond donors (Lipinski definition) is 1. The average Bonchev–Trinajstić information content (AvgIpc) is 2.61. The highest BCUT2D eigenvalue weighted by atomic mass is 35.5. The Morgan fingerprint density at radius 2 is 2.00 bits per heavy atom. The van der Waals surface area contributed by atoms with Gasteiger partial charge in [-0.1, -0.05) is 11.6 Å². The maximum absolute atomic E-state index is 11.3. The number of aromatic nitrogens is 1. The number of oxazole rings is 1. The third-order valence-corrected chi connectivity index (χ3v) is 2.34. The molecule has 0 fully saturated rings. The van der Waals surface area contributed by atoms with Gasteiger partial charge in [-0.15, -0.1) is 0 Å². The van der Waals surface area contributed by atoms with Gasteiger partial charge in [0.15, 0.2) is 17.2 Å². The first-order valence-electron chi connectivity index (χ1n) is 4.61. The summed E-state index contributed by atoms with van der Waals surface area (Å²) < 4.78 is 5.20. The van der Waals surface area contributed by atoms with E-state index >= 15 is 0 Å². The maximum Gasteiger partial charge on any atom is 0.293 e. The van der Waals surface area contributed by atoms with Gasteiger partial charge in [-0.05, 0) is 24.3 Å². The number of nitrogens with zero attached hydrogens (tertiary/aromatic N) is 1. The van der Waals surface area contributed by atoms with Crippen LogP contribution in [-0.2, 0) is 0 Å². The Morgan fingerprint density at radius 3 is 2.56 bits per heavy atom. The third kappa shape index (κ3) is 1.92. The van der Waals surface area contributed by atoms with E-state index in [9.17, 15) is 4.79 Å². The normalized spacial score (nSPS) is 10.4. The van der Waals surface area contributed by atoms with Gasteiger partial charge in [0, 0.05) is 17.5 Å². The van der Waals surface area contributed by atoms with Crippen molar-refractivity contribution in [3.63, 3.8) is 0 Å². The molecule has 0 radical (unpaired) electrons. The summed E-state index contributed by atoms with van der Waals surface area (Å²) in [6.45, 7) is 1.41. The number of Topliss-reactive ketones (excluding diaryl/α,β-unsaturated/α-hetero) is 1. The summed E-state index contributed by atoms with van der Waals surface area (Å²) in [5.41, 5.74) is 6.39. The smallest absolute Gasteiger partial charge is 0.293 e. The van der Waals surface area contributed by atoms with Crippen LogP contribution >= 0.6 is 11.6 Å². The largest absolute Gasteiger partial charge is 0.423 e. The zero-order valence-corrected chi connectivity index (χ0v) is 9.28.